The molecule has 2 rings (SSSR count). The van der Waals surface area contributed by atoms with Crippen molar-refractivity contribution in [2.24, 2.45) is 5.41 Å². The fourth-order valence-electron chi connectivity index (χ4n) is 3.10. The van der Waals surface area contributed by atoms with Gasteiger partial charge < -0.3 is 9.47 Å². The Labute approximate surface area is 150 Å². The lowest BCUT2D eigenvalue weighted by atomic mass is 9.72. The number of benzene rings is 1. The van der Waals surface area contributed by atoms with Crippen LogP contribution < -0.4 is 0 Å². The van der Waals surface area contributed by atoms with Crippen molar-refractivity contribution in [3.63, 3.8) is 0 Å². The Balaban J connectivity index is 2.24. The Hall–Kier alpha value is -1.94. The predicted octanol–water partition coefficient (Wildman–Crippen LogP) is 3.80. The van der Waals surface area contributed by atoms with Crippen molar-refractivity contribution in [2.75, 3.05) is 0 Å². The van der Waals surface area contributed by atoms with Gasteiger partial charge in [0.15, 0.2) is 11.2 Å². The van der Waals surface area contributed by atoms with E-state index in [1.54, 1.807) is 27.7 Å². The smallest absolute Gasteiger partial charge is 0.322 e. The topological polar surface area (TPSA) is 52.6 Å². The summed E-state index contributed by atoms with van der Waals surface area (Å²) in [7, 11) is 0. The molecule has 0 bridgehead atoms. The fraction of sp³-hybridized carbons (Fsp3) is 0.524. The number of hydrogen-bond donors (Lipinski definition) is 0. The first-order valence-electron chi connectivity index (χ1n) is 8.82. The van der Waals surface area contributed by atoms with Gasteiger partial charge in [0.2, 0.25) is 0 Å². The summed E-state index contributed by atoms with van der Waals surface area (Å²) in [6, 6.07) is 8.23. The zero-order valence-electron chi connectivity index (χ0n) is 15.8. The largest absolute Gasteiger partial charge is 0.462 e. The Morgan fingerprint density at radius 1 is 1.32 bits per heavy atom. The molecule has 4 heteroatoms. The molecule has 136 valence electrons. The Kier molecular flexibility index (Phi) is 5.83. The van der Waals surface area contributed by atoms with Gasteiger partial charge in [-0.25, -0.2) is 0 Å². The number of ether oxygens (including phenoxy) is 2. The second-order valence-electron chi connectivity index (χ2n) is 7.30. The number of ketones is 1. The van der Waals surface area contributed by atoms with Crippen LogP contribution in [0.2, 0.25) is 0 Å². The number of esters is 1. The summed E-state index contributed by atoms with van der Waals surface area (Å²) in [5.74, 6) is -0.805. The minimum atomic E-state index is -1.35. The summed E-state index contributed by atoms with van der Waals surface area (Å²) >= 11 is 0. The first kappa shape index (κ1) is 19.4. The zero-order chi connectivity index (χ0) is 18.8. The lowest BCUT2D eigenvalue weighted by molar-refractivity contribution is -0.180. The van der Waals surface area contributed by atoms with Crippen LogP contribution >= 0.6 is 0 Å². The van der Waals surface area contributed by atoms with Gasteiger partial charge in [0.05, 0.1) is 18.3 Å². The van der Waals surface area contributed by atoms with E-state index in [2.05, 4.69) is 30.8 Å². The van der Waals surface area contributed by atoms with Crippen molar-refractivity contribution in [3.8, 4) is 0 Å². The van der Waals surface area contributed by atoms with Crippen LogP contribution in [0.1, 0.15) is 45.2 Å². The molecule has 0 radical (unpaired) electrons. The quantitative estimate of drug-likeness (QED) is 0.463. The van der Waals surface area contributed by atoms with Gasteiger partial charge in [0, 0.05) is 5.57 Å². The number of Topliss-reactive ketones (excluding diaryl/α,β-unsaturated/α-hetero) is 1. The zero-order valence-corrected chi connectivity index (χ0v) is 15.8. The molecule has 1 aliphatic rings. The Morgan fingerprint density at radius 3 is 2.48 bits per heavy atom. The van der Waals surface area contributed by atoms with Gasteiger partial charge in [-0.15, -0.1) is 0 Å². The van der Waals surface area contributed by atoms with Crippen molar-refractivity contribution in [1.82, 2.24) is 0 Å². The molecule has 1 aromatic carbocycles. The van der Waals surface area contributed by atoms with E-state index in [0.717, 1.165) is 12.0 Å². The molecule has 0 spiro atoms. The first-order chi connectivity index (χ1) is 11.7. The second-order valence-corrected chi connectivity index (χ2v) is 7.30. The van der Waals surface area contributed by atoms with Gasteiger partial charge in [-0.1, -0.05) is 36.4 Å². The summed E-state index contributed by atoms with van der Waals surface area (Å²) < 4.78 is 11.4. The van der Waals surface area contributed by atoms with Crippen LogP contribution in [0.25, 0.3) is 0 Å². The summed E-state index contributed by atoms with van der Waals surface area (Å²) in [6.45, 7) is 12.8. The molecule has 0 saturated carbocycles. The summed E-state index contributed by atoms with van der Waals surface area (Å²) in [4.78, 5) is 25.6. The molecule has 0 amide bonds. The number of carbonyl (C=O) groups excluding carboxylic acids is 2. The summed E-state index contributed by atoms with van der Waals surface area (Å²) in [5.41, 5.74) is 1.33. The molecule has 1 heterocycles. The van der Waals surface area contributed by atoms with Crippen LogP contribution in [0, 0.1) is 12.3 Å². The highest BCUT2D eigenvalue weighted by molar-refractivity contribution is 6.13. The highest BCUT2D eigenvalue weighted by Crippen LogP contribution is 2.39. The van der Waals surface area contributed by atoms with Crippen molar-refractivity contribution < 1.29 is 19.1 Å². The Bertz CT molecular complexity index is 659. The standard InChI is InChI=1S/C21H28O4/c1-13(2)24-20(23)21(6)18(25-16(5)15(4)19(21)22)12-11-17-9-7-14(3)8-10-17/h7-10,13,16,18H,4,11-12H2,1-3,5-6H3/t16-,18?,21-/m1/s1. The van der Waals surface area contributed by atoms with Crippen LogP contribution in [0.4, 0.5) is 0 Å². The highest BCUT2D eigenvalue weighted by Gasteiger charge is 2.54. The molecule has 1 saturated heterocycles. The normalized spacial score (nSPS) is 26.8. The van der Waals surface area contributed by atoms with E-state index < -0.39 is 23.6 Å². The molecule has 25 heavy (non-hydrogen) atoms. The van der Waals surface area contributed by atoms with Crippen LogP contribution in [-0.2, 0) is 25.5 Å². The number of rotatable bonds is 5. The third-order valence-corrected chi connectivity index (χ3v) is 4.85. The second kappa shape index (κ2) is 7.52. The average Bonchev–Trinajstić information content (AvgIpc) is 2.55. The van der Waals surface area contributed by atoms with Gasteiger partial charge in [0.25, 0.3) is 0 Å². The molecule has 1 fully saturated rings. The van der Waals surface area contributed by atoms with E-state index in [1.165, 1.54) is 5.56 Å². The highest BCUT2D eigenvalue weighted by atomic mass is 16.6. The van der Waals surface area contributed by atoms with E-state index in [4.69, 9.17) is 9.47 Å². The summed E-state index contributed by atoms with van der Waals surface area (Å²) in [5, 5.41) is 0. The van der Waals surface area contributed by atoms with Crippen LogP contribution in [0.15, 0.2) is 36.4 Å². The van der Waals surface area contributed by atoms with Crippen molar-refractivity contribution in [3.05, 3.63) is 47.5 Å². The van der Waals surface area contributed by atoms with Crippen molar-refractivity contribution >= 4 is 11.8 Å². The third kappa shape index (κ3) is 4.01. The minimum Gasteiger partial charge on any atom is -0.462 e. The maximum Gasteiger partial charge on any atom is 0.322 e. The van der Waals surface area contributed by atoms with Crippen molar-refractivity contribution in [1.29, 1.82) is 0 Å². The fourth-order valence-corrected chi connectivity index (χ4v) is 3.10. The maximum absolute atomic E-state index is 12.9. The molecule has 0 N–H and O–H groups in total. The number of hydrogen-bond acceptors (Lipinski definition) is 4. The number of aryl methyl sites for hydroxylation is 2. The van der Waals surface area contributed by atoms with E-state index >= 15 is 0 Å². The molecule has 4 nitrogen and oxygen atoms in total. The van der Waals surface area contributed by atoms with Crippen LogP contribution in [-0.4, -0.2) is 30.1 Å². The van der Waals surface area contributed by atoms with Gasteiger partial charge in [-0.05, 0) is 53.0 Å². The average molecular weight is 344 g/mol. The lowest BCUT2D eigenvalue weighted by Gasteiger charge is -2.41. The van der Waals surface area contributed by atoms with E-state index in [1.807, 2.05) is 6.92 Å². The molecular formula is C21H28O4. The molecule has 1 aromatic rings. The molecule has 0 aliphatic carbocycles. The maximum atomic E-state index is 12.9. The SMILES string of the molecule is C=C1C(=O)[C@](C)(C(=O)OC(C)C)C(CCc2ccc(C)cc2)O[C@@H]1C. The van der Waals surface area contributed by atoms with Gasteiger partial charge in [-0.3, -0.25) is 9.59 Å². The molecule has 1 unspecified atom stereocenters. The minimum absolute atomic E-state index is 0.272. The van der Waals surface area contributed by atoms with E-state index in [9.17, 15) is 9.59 Å². The third-order valence-electron chi connectivity index (χ3n) is 4.85. The monoisotopic (exact) mass is 344 g/mol. The molecular weight excluding hydrogens is 316 g/mol. The van der Waals surface area contributed by atoms with Gasteiger partial charge >= 0.3 is 5.97 Å². The Morgan fingerprint density at radius 2 is 1.92 bits per heavy atom. The summed E-state index contributed by atoms with van der Waals surface area (Å²) in [6.07, 6.45) is 0.0731. The molecule has 3 atom stereocenters. The van der Waals surface area contributed by atoms with E-state index in [0.29, 0.717) is 12.0 Å². The predicted molar refractivity (Wildman–Crippen MR) is 97.3 cm³/mol. The van der Waals surface area contributed by atoms with Gasteiger partial charge in [0.1, 0.15) is 0 Å². The molecule has 0 aromatic heterocycles. The lowest BCUT2D eigenvalue weighted by Crippen LogP contribution is -2.55. The van der Waals surface area contributed by atoms with Crippen LogP contribution in [0.3, 0.4) is 0 Å². The van der Waals surface area contributed by atoms with Gasteiger partial charge in [-0.2, -0.15) is 0 Å². The number of carbonyl (C=O) groups is 2. The van der Waals surface area contributed by atoms with Crippen LogP contribution in [0.5, 0.6) is 0 Å². The molecule has 1 aliphatic heterocycles. The van der Waals surface area contributed by atoms with E-state index in [-0.39, 0.29) is 11.9 Å². The van der Waals surface area contributed by atoms with Crippen molar-refractivity contribution in [2.45, 2.75) is 65.8 Å². The first-order valence-corrected chi connectivity index (χ1v) is 8.82.